The van der Waals surface area contributed by atoms with Crippen LogP contribution < -0.4 is 5.32 Å². The van der Waals surface area contributed by atoms with Gasteiger partial charge >= 0.3 is 0 Å². The Balaban J connectivity index is 2.32. The van der Waals surface area contributed by atoms with Crippen molar-refractivity contribution in [1.82, 2.24) is 20.0 Å². The fourth-order valence-electron chi connectivity index (χ4n) is 1.94. The van der Waals surface area contributed by atoms with E-state index >= 15 is 0 Å². The molecule has 0 spiro atoms. The molecule has 1 heterocycles. The lowest BCUT2D eigenvalue weighted by Gasteiger charge is -2.23. The Morgan fingerprint density at radius 1 is 1.53 bits per heavy atom. The van der Waals surface area contributed by atoms with Crippen molar-refractivity contribution in [3.8, 4) is 0 Å². The lowest BCUT2D eigenvalue weighted by Crippen LogP contribution is -2.41. The number of nitrogens with one attached hydrogen (secondary N) is 1. The van der Waals surface area contributed by atoms with Crippen molar-refractivity contribution in [1.29, 1.82) is 0 Å². The molecule has 0 aliphatic carbocycles. The first-order valence-corrected chi connectivity index (χ1v) is 7.06. The van der Waals surface area contributed by atoms with Gasteiger partial charge in [-0.1, -0.05) is 20.3 Å². The minimum Gasteiger partial charge on any atom is -0.356 e. The van der Waals surface area contributed by atoms with E-state index in [-0.39, 0.29) is 0 Å². The van der Waals surface area contributed by atoms with Crippen LogP contribution in [0, 0.1) is 5.92 Å². The predicted octanol–water partition coefficient (Wildman–Crippen LogP) is 1.83. The maximum absolute atomic E-state index is 4.32. The molecule has 19 heavy (non-hydrogen) atoms. The van der Waals surface area contributed by atoms with Crippen LogP contribution in [0.25, 0.3) is 0 Å². The van der Waals surface area contributed by atoms with E-state index in [0.717, 1.165) is 25.6 Å². The summed E-state index contributed by atoms with van der Waals surface area (Å²) in [5.41, 5.74) is 0. The first-order chi connectivity index (χ1) is 9.17. The van der Waals surface area contributed by atoms with Gasteiger partial charge in [-0.05, 0) is 18.4 Å². The normalized spacial score (nSPS) is 13.4. The maximum Gasteiger partial charge on any atom is 0.193 e. The molecule has 1 aromatic rings. The van der Waals surface area contributed by atoms with Crippen LogP contribution in [0.5, 0.6) is 0 Å². The number of guanidine groups is 1. The highest BCUT2D eigenvalue weighted by molar-refractivity contribution is 5.79. The Bertz CT molecular complexity index is 358. The van der Waals surface area contributed by atoms with Gasteiger partial charge in [-0.2, -0.15) is 5.10 Å². The molecule has 1 aromatic heterocycles. The van der Waals surface area contributed by atoms with Gasteiger partial charge in [-0.3, -0.25) is 9.67 Å². The van der Waals surface area contributed by atoms with Gasteiger partial charge in [0.05, 0.1) is 0 Å². The van der Waals surface area contributed by atoms with Gasteiger partial charge in [0, 0.05) is 46.1 Å². The first kappa shape index (κ1) is 15.5. The molecule has 1 unspecified atom stereocenters. The van der Waals surface area contributed by atoms with Gasteiger partial charge in [0.25, 0.3) is 0 Å². The van der Waals surface area contributed by atoms with E-state index in [1.54, 1.807) is 0 Å². The summed E-state index contributed by atoms with van der Waals surface area (Å²) in [6.07, 6.45) is 6.22. The third kappa shape index (κ3) is 5.77. The fraction of sp³-hybridized carbons (Fsp3) is 0.714. The molecule has 1 atom stereocenters. The Morgan fingerprint density at radius 2 is 2.32 bits per heavy atom. The second-order valence-electron chi connectivity index (χ2n) is 5.04. The number of rotatable bonds is 7. The van der Waals surface area contributed by atoms with Crippen molar-refractivity contribution in [3.63, 3.8) is 0 Å². The predicted molar refractivity (Wildman–Crippen MR) is 80.3 cm³/mol. The van der Waals surface area contributed by atoms with Crippen LogP contribution in [0.4, 0.5) is 0 Å². The van der Waals surface area contributed by atoms with Crippen LogP contribution in [0.3, 0.4) is 0 Å². The highest BCUT2D eigenvalue weighted by Gasteiger charge is 2.08. The molecule has 0 aliphatic rings. The van der Waals surface area contributed by atoms with E-state index in [4.69, 9.17) is 0 Å². The van der Waals surface area contributed by atoms with Crippen molar-refractivity contribution in [2.24, 2.45) is 10.9 Å². The number of aliphatic imine (C=N–C) groups is 1. The van der Waals surface area contributed by atoms with E-state index in [2.05, 4.69) is 41.2 Å². The molecular weight excluding hydrogens is 238 g/mol. The molecule has 0 aromatic carbocycles. The number of unbranched alkanes of at least 4 members (excludes halogenated alkanes) is 1. The Hall–Kier alpha value is -1.52. The van der Waals surface area contributed by atoms with Gasteiger partial charge in [0.15, 0.2) is 5.96 Å². The summed E-state index contributed by atoms with van der Waals surface area (Å²) in [5, 5.41) is 7.65. The molecule has 5 nitrogen and oxygen atoms in total. The lowest BCUT2D eigenvalue weighted by atomic mass is 10.2. The SMILES string of the molecule is CCCCN(C)C(=NC)NCC(C)Cn1cccn1. The molecule has 0 saturated heterocycles. The second-order valence-corrected chi connectivity index (χ2v) is 5.04. The Kier molecular flexibility index (Phi) is 7.00. The fourth-order valence-corrected chi connectivity index (χ4v) is 1.94. The third-order valence-electron chi connectivity index (χ3n) is 3.09. The molecule has 0 fully saturated rings. The van der Waals surface area contributed by atoms with Crippen molar-refractivity contribution < 1.29 is 0 Å². The smallest absolute Gasteiger partial charge is 0.193 e. The van der Waals surface area contributed by atoms with E-state index in [1.165, 1.54) is 12.8 Å². The number of hydrogen-bond acceptors (Lipinski definition) is 2. The van der Waals surface area contributed by atoms with Crippen LogP contribution >= 0.6 is 0 Å². The number of nitrogens with zero attached hydrogens (tertiary/aromatic N) is 4. The summed E-state index contributed by atoms with van der Waals surface area (Å²) in [4.78, 5) is 6.50. The van der Waals surface area contributed by atoms with Crippen LogP contribution in [-0.2, 0) is 6.54 Å². The van der Waals surface area contributed by atoms with Gasteiger partial charge in [0.1, 0.15) is 0 Å². The zero-order valence-electron chi connectivity index (χ0n) is 12.6. The van der Waals surface area contributed by atoms with Gasteiger partial charge < -0.3 is 10.2 Å². The zero-order valence-corrected chi connectivity index (χ0v) is 12.6. The third-order valence-corrected chi connectivity index (χ3v) is 3.09. The lowest BCUT2D eigenvalue weighted by molar-refractivity contribution is 0.421. The summed E-state index contributed by atoms with van der Waals surface area (Å²) in [5.74, 6) is 1.48. The highest BCUT2D eigenvalue weighted by atomic mass is 15.3. The van der Waals surface area contributed by atoms with Crippen LogP contribution in [0.15, 0.2) is 23.5 Å². The average molecular weight is 265 g/mol. The molecular formula is C14H27N5. The molecule has 0 aliphatic heterocycles. The second kappa shape index (κ2) is 8.56. The summed E-state index contributed by atoms with van der Waals surface area (Å²) in [7, 11) is 3.92. The van der Waals surface area contributed by atoms with Crippen molar-refractivity contribution in [2.45, 2.75) is 33.2 Å². The molecule has 1 rings (SSSR count). The molecule has 1 N–H and O–H groups in total. The largest absolute Gasteiger partial charge is 0.356 e. The number of aromatic nitrogens is 2. The van der Waals surface area contributed by atoms with Crippen LogP contribution in [-0.4, -0.2) is 47.8 Å². The van der Waals surface area contributed by atoms with Crippen molar-refractivity contribution in [3.05, 3.63) is 18.5 Å². The molecule has 0 radical (unpaired) electrons. The summed E-state index contributed by atoms with van der Waals surface area (Å²) >= 11 is 0. The minimum absolute atomic E-state index is 0.510. The van der Waals surface area contributed by atoms with Gasteiger partial charge in [0.2, 0.25) is 0 Å². The Morgan fingerprint density at radius 3 is 2.89 bits per heavy atom. The standard InChI is InChI=1S/C14H27N5/c1-5-6-9-18(4)14(15-3)16-11-13(2)12-19-10-7-8-17-19/h7-8,10,13H,5-6,9,11-12H2,1-4H3,(H,15,16). The number of hydrogen-bond donors (Lipinski definition) is 1. The average Bonchev–Trinajstić information content (AvgIpc) is 2.89. The highest BCUT2D eigenvalue weighted by Crippen LogP contribution is 1.99. The van der Waals surface area contributed by atoms with Gasteiger partial charge in [-0.25, -0.2) is 0 Å². The molecule has 0 bridgehead atoms. The van der Waals surface area contributed by atoms with E-state index in [0.29, 0.717) is 5.92 Å². The zero-order chi connectivity index (χ0) is 14.1. The molecule has 0 saturated carbocycles. The molecule has 5 heteroatoms. The van der Waals surface area contributed by atoms with E-state index in [9.17, 15) is 0 Å². The minimum atomic E-state index is 0.510. The van der Waals surface area contributed by atoms with Gasteiger partial charge in [-0.15, -0.1) is 0 Å². The summed E-state index contributed by atoms with van der Waals surface area (Å²) in [6.45, 7) is 7.30. The molecule has 0 amide bonds. The summed E-state index contributed by atoms with van der Waals surface area (Å²) in [6, 6.07) is 1.96. The first-order valence-electron chi connectivity index (χ1n) is 7.06. The van der Waals surface area contributed by atoms with Crippen molar-refractivity contribution in [2.75, 3.05) is 27.2 Å². The molecule has 108 valence electrons. The van der Waals surface area contributed by atoms with Crippen LogP contribution in [0.1, 0.15) is 26.7 Å². The maximum atomic E-state index is 4.32. The Labute approximate surface area is 116 Å². The quantitative estimate of drug-likeness (QED) is 0.604. The van der Waals surface area contributed by atoms with E-state index in [1.807, 2.05) is 30.2 Å². The van der Waals surface area contributed by atoms with Crippen molar-refractivity contribution >= 4 is 5.96 Å². The van der Waals surface area contributed by atoms with E-state index < -0.39 is 0 Å². The summed E-state index contributed by atoms with van der Waals surface area (Å²) < 4.78 is 1.97. The van der Waals surface area contributed by atoms with Crippen LogP contribution in [0.2, 0.25) is 0 Å². The monoisotopic (exact) mass is 265 g/mol. The topological polar surface area (TPSA) is 45.5 Å².